The van der Waals surface area contributed by atoms with Crippen molar-refractivity contribution in [3.8, 4) is 5.75 Å². The number of halogens is 1. The van der Waals surface area contributed by atoms with Gasteiger partial charge in [-0.25, -0.2) is 0 Å². The molecule has 0 aliphatic rings. The zero-order valence-electron chi connectivity index (χ0n) is 15.6. The van der Waals surface area contributed by atoms with Gasteiger partial charge in [0.05, 0.1) is 5.69 Å². The molecule has 0 aliphatic heterocycles. The number of ether oxygens (including phenoxy) is 1. The lowest BCUT2D eigenvalue weighted by Crippen LogP contribution is -2.30. The number of benzene rings is 3. The number of ketones is 1. The second kappa shape index (κ2) is 8.72. The van der Waals surface area contributed by atoms with Crippen molar-refractivity contribution in [1.82, 2.24) is 0 Å². The summed E-state index contributed by atoms with van der Waals surface area (Å²) in [4.78, 5) is 25.5. The summed E-state index contributed by atoms with van der Waals surface area (Å²) in [7, 11) is 0. The van der Waals surface area contributed by atoms with Gasteiger partial charge in [0.15, 0.2) is 11.9 Å². The van der Waals surface area contributed by atoms with Crippen molar-refractivity contribution in [2.75, 3.05) is 5.32 Å². The molecule has 1 atom stereocenters. The molecule has 4 nitrogen and oxygen atoms in total. The molecule has 0 unspecified atom stereocenters. The summed E-state index contributed by atoms with van der Waals surface area (Å²) in [5.74, 6) is 0.0282. The van der Waals surface area contributed by atoms with Crippen molar-refractivity contribution in [3.63, 3.8) is 0 Å². The minimum absolute atomic E-state index is 0.217. The van der Waals surface area contributed by atoms with Crippen molar-refractivity contribution in [2.24, 2.45) is 0 Å². The van der Waals surface area contributed by atoms with E-state index in [0.717, 1.165) is 5.56 Å². The van der Waals surface area contributed by atoms with E-state index < -0.39 is 6.10 Å². The zero-order valence-corrected chi connectivity index (χ0v) is 16.4. The van der Waals surface area contributed by atoms with Crippen LogP contribution < -0.4 is 10.1 Å². The van der Waals surface area contributed by atoms with E-state index >= 15 is 0 Å². The standard InChI is InChI=1S/C23H20ClNO3/c1-15-8-11-19(12-9-15)28-16(2)23(27)25-21-13-10-18(24)14-20(21)22(26)17-6-4-3-5-7-17/h3-14,16H,1-2H3,(H,25,27)/t16-/m0/s1. The van der Waals surface area contributed by atoms with Crippen molar-refractivity contribution in [1.29, 1.82) is 0 Å². The van der Waals surface area contributed by atoms with E-state index in [9.17, 15) is 9.59 Å². The first-order chi connectivity index (χ1) is 13.4. The molecular formula is C23H20ClNO3. The predicted molar refractivity (Wildman–Crippen MR) is 111 cm³/mol. The van der Waals surface area contributed by atoms with Crippen molar-refractivity contribution in [3.05, 3.63) is 94.5 Å². The Balaban J connectivity index is 1.79. The Morgan fingerprint density at radius 2 is 1.64 bits per heavy atom. The van der Waals surface area contributed by atoms with E-state index in [2.05, 4.69) is 5.32 Å². The van der Waals surface area contributed by atoms with E-state index in [0.29, 0.717) is 27.6 Å². The van der Waals surface area contributed by atoms with Crippen LogP contribution in [-0.4, -0.2) is 17.8 Å². The first-order valence-corrected chi connectivity index (χ1v) is 9.25. The number of aryl methyl sites for hydroxylation is 1. The Morgan fingerprint density at radius 1 is 0.964 bits per heavy atom. The van der Waals surface area contributed by atoms with Crippen LogP contribution in [0.25, 0.3) is 0 Å². The monoisotopic (exact) mass is 393 g/mol. The normalized spacial score (nSPS) is 11.5. The van der Waals surface area contributed by atoms with Gasteiger partial charge in [-0.2, -0.15) is 0 Å². The molecule has 0 fully saturated rings. The van der Waals surface area contributed by atoms with Crippen LogP contribution >= 0.6 is 11.6 Å². The molecule has 1 amide bonds. The van der Waals surface area contributed by atoms with Gasteiger partial charge in [-0.3, -0.25) is 9.59 Å². The molecule has 3 aromatic rings. The minimum atomic E-state index is -0.738. The SMILES string of the molecule is Cc1ccc(O[C@@H](C)C(=O)Nc2ccc(Cl)cc2C(=O)c2ccccc2)cc1. The molecule has 0 radical (unpaired) electrons. The maximum atomic E-state index is 12.9. The maximum Gasteiger partial charge on any atom is 0.265 e. The van der Waals surface area contributed by atoms with Gasteiger partial charge in [0, 0.05) is 16.1 Å². The largest absolute Gasteiger partial charge is 0.481 e. The number of anilines is 1. The van der Waals surface area contributed by atoms with Crippen LogP contribution in [0.15, 0.2) is 72.8 Å². The van der Waals surface area contributed by atoms with Gasteiger partial charge in [0.2, 0.25) is 0 Å². The van der Waals surface area contributed by atoms with Gasteiger partial charge in [0.25, 0.3) is 5.91 Å². The maximum absolute atomic E-state index is 12.9. The molecule has 5 heteroatoms. The van der Waals surface area contributed by atoms with Crippen LogP contribution in [0.1, 0.15) is 28.4 Å². The summed E-state index contributed by atoms with van der Waals surface area (Å²) in [6.45, 7) is 3.63. The molecule has 0 aromatic heterocycles. The van der Waals surface area contributed by atoms with Crippen LogP contribution in [0.5, 0.6) is 5.75 Å². The van der Waals surface area contributed by atoms with Gasteiger partial charge in [0.1, 0.15) is 5.75 Å². The van der Waals surface area contributed by atoms with E-state index in [4.69, 9.17) is 16.3 Å². The summed E-state index contributed by atoms with van der Waals surface area (Å²) in [6, 6.07) is 21.1. The zero-order chi connectivity index (χ0) is 20.1. The molecule has 28 heavy (non-hydrogen) atoms. The third-order valence-electron chi connectivity index (χ3n) is 4.22. The lowest BCUT2D eigenvalue weighted by molar-refractivity contribution is -0.122. The predicted octanol–water partition coefficient (Wildman–Crippen LogP) is 5.29. The Kier molecular flexibility index (Phi) is 6.12. The van der Waals surface area contributed by atoms with Crippen LogP contribution in [0.3, 0.4) is 0 Å². The number of rotatable bonds is 6. The minimum Gasteiger partial charge on any atom is -0.481 e. The second-order valence-corrected chi connectivity index (χ2v) is 6.88. The van der Waals surface area contributed by atoms with E-state index in [-0.39, 0.29) is 11.7 Å². The van der Waals surface area contributed by atoms with Crippen LogP contribution in [0, 0.1) is 6.92 Å². The first-order valence-electron chi connectivity index (χ1n) is 8.87. The van der Waals surface area contributed by atoms with Crippen molar-refractivity contribution >= 4 is 29.0 Å². The summed E-state index contributed by atoms with van der Waals surface area (Å²) in [6.07, 6.45) is -0.738. The number of hydrogen-bond acceptors (Lipinski definition) is 3. The highest BCUT2D eigenvalue weighted by Crippen LogP contribution is 2.24. The average molecular weight is 394 g/mol. The highest BCUT2D eigenvalue weighted by atomic mass is 35.5. The van der Waals surface area contributed by atoms with Crippen LogP contribution in [-0.2, 0) is 4.79 Å². The molecule has 142 valence electrons. The third-order valence-corrected chi connectivity index (χ3v) is 4.46. The molecule has 0 heterocycles. The second-order valence-electron chi connectivity index (χ2n) is 6.45. The molecule has 0 saturated heterocycles. The quantitative estimate of drug-likeness (QED) is 0.579. The molecule has 0 saturated carbocycles. The van der Waals surface area contributed by atoms with E-state index in [1.807, 2.05) is 37.3 Å². The number of hydrogen-bond donors (Lipinski definition) is 1. The number of carbonyl (C=O) groups is 2. The van der Waals surface area contributed by atoms with Crippen LogP contribution in [0.4, 0.5) is 5.69 Å². The molecule has 0 aliphatic carbocycles. The third kappa shape index (κ3) is 4.78. The Bertz CT molecular complexity index is 984. The lowest BCUT2D eigenvalue weighted by atomic mass is 10.0. The average Bonchev–Trinajstić information content (AvgIpc) is 2.71. The van der Waals surface area contributed by atoms with Gasteiger partial charge in [-0.05, 0) is 44.2 Å². The molecule has 0 spiro atoms. The van der Waals surface area contributed by atoms with Gasteiger partial charge in [-0.1, -0.05) is 59.6 Å². The van der Waals surface area contributed by atoms with E-state index in [1.54, 1.807) is 49.4 Å². The van der Waals surface area contributed by atoms with E-state index in [1.165, 1.54) is 0 Å². The number of amides is 1. The van der Waals surface area contributed by atoms with Crippen molar-refractivity contribution < 1.29 is 14.3 Å². The molecule has 0 bridgehead atoms. The fraction of sp³-hybridized carbons (Fsp3) is 0.130. The van der Waals surface area contributed by atoms with Gasteiger partial charge >= 0.3 is 0 Å². The highest BCUT2D eigenvalue weighted by molar-refractivity contribution is 6.31. The summed E-state index contributed by atoms with van der Waals surface area (Å²) in [5, 5.41) is 3.19. The fourth-order valence-corrected chi connectivity index (χ4v) is 2.84. The van der Waals surface area contributed by atoms with Crippen LogP contribution in [0.2, 0.25) is 5.02 Å². The van der Waals surface area contributed by atoms with Gasteiger partial charge in [-0.15, -0.1) is 0 Å². The summed E-state index contributed by atoms with van der Waals surface area (Å²) >= 11 is 6.08. The number of nitrogens with one attached hydrogen (secondary N) is 1. The molecule has 1 N–H and O–H groups in total. The molecule has 3 aromatic carbocycles. The topological polar surface area (TPSA) is 55.4 Å². The Morgan fingerprint density at radius 3 is 2.32 bits per heavy atom. The summed E-state index contributed by atoms with van der Waals surface area (Å²) in [5.41, 5.74) is 2.34. The van der Waals surface area contributed by atoms with Gasteiger partial charge < -0.3 is 10.1 Å². The Labute approximate surface area is 169 Å². The first kappa shape index (κ1) is 19.6. The molecule has 3 rings (SSSR count). The number of carbonyl (C=O) groups excluding carboxylic acids is 2. The summed E-state index contributed by atoms with van der Waals surface area (Å²) < 4.78 is 5.69. The Hall–Kier alpha value is -3.11. The lowest BCUT2D eigenvalue weighted by Gasteiger charge is -2.16. The smallest absolute Gasteiger partial charge is 0.265 e. The molecular weight excluding hydrogens is 374 g/mol. The highest BCUT2D eigenvalue weighted by Gasteiger charge is 2.20. The fourth-order valence-electron chi connectivity index (χ4n) is 2.67. The van der Waals surface area contributed by atoms with Crippen molar-refractivity contribution in [2.45, 2.75) is 20.0 Å².